The summed E-state index contributed by atoms with van der Waals surface area (Å²) in [6.45, 7) is 5.37. The van der Waals surface area contributed by atoms with Crippen LogP contribution < -0.4 is 0 Å². The van der Waals surface area contributed by atoms with Crippen molar-refractivity contribution >= 4 is 17.8 Å². The molecule has 1 aliphatic heterocycles. The van der Waals surface area contributed by atoms with Gasteiger partial charge in [-0.05, 0) is 50.6 Å². The van der Waals surface area contributed by atoms with Crippen LogP contribution in [0.15, 0.2) is 52.4 Å². The number of carbonyl (C=O) groups is 1. The van der Waals surface area contributed by atoms with E-state index in [1.54, 1.807) is 35.8 Å². The van der Waals surface area contributed by atoms with Crippen molar-refractivity contribution in [3.8, 4) is 5.69 Å². The van der Waals surface area contributed by atoms with Crippen LogP contribution in [0, 0.1) is 19.7 Å². The van der Waals surface area contributed by atoms with E-state index in [0.717, 1.165) is 17.0 Å². The molecule has 0 saturated carbocycles. The van der Waals surface area contributed by atoms with Crippen molar-refractivity contribution < 1.29 is 19.0 Å². The number of aromatic nitrogens is 1. The van der Waals surface area contributed by atoms with Crippen LogP contribution in [0.1, 0.15) is 23.9 Å². The summed E-state index contributed by atoms with van der Waals surface area (Å²) in [5.41, 5.74) is 3.59. The van der Waals surface area contributed by atoms with E-state index in [-0.39, 0.29) is 22.8 Å². The molecule has 5 nitrogen and oxygen atoms in total. The minimum atomic E-state index is -0.635. The number of aryl methyl sites for hydroxylation is 1. The van der Waals surface area contributed by atoms with E-state index in [9.17, 15) is 14.3 Å². The number of benzene rings is 1. The number of esters is 1. The van der Waals surface area contributed by atoms with Gasteiger partial charge in [0.1, 0.15) is 17.1 Å². The van der Waals surface area contributed by atoms with Crippen LogP contribution in [0.4, 0.5) is 4.39 Å². The Morgan fingerprint density at radius 2 is 1.96 bits per heavy atom. The summed E-state index contributed by atoms with van der Waals surface area (Å²) in [5, 5.41) is 10.3. The molecular weight excluding hydrogens is 335 g/mol. The van der Waals surface area contributed by atoms with E-state index < -0.39 is 5.97 Å². The number of methoxy groups -OCH3 is 1. The van der Waals surface area contributed by atoms with Gasteiger partial charge in [-0.1, -0.05) is 12.1 Å². The molecule has 26 heavy (non-hydrogen) atoms. The van der Waals surface area contributed by atoms with E-state index >= 15 is 0 Å². The van der Waals surface area contributed by atoms with E-state index in [4.69, 9.17) is 0 Å². The third-order valence-electron chi connectivity index (χ3n) is 4.37. The summed E-state index contributed by atoms with van der Waals surface area (Å²) in [6, 6.07) is 8.41. The molecule has 1 aromatic heterocycles. The van der Waals surface area contributed by atoms with Gasteiger partial charge in [-0.15, -0.1) is 0 Å². The maximum atomic E-state index is 14.2. The third kappa shape index (κ3) is 2.83. The fourth-order valence-electron chi connectivity index (χ4n) is 3.12. The van der Waals surface area contributed by atoms with Gasteiger partial charge in [-0.25, -0.2) is 14.2 Å². The van der Waals surface area contributed by atoms with E-state index in [0.29, 0.717) is 11.4 Å². The number of aliphatic hydroxyl groups excluding tert-OH is 1. The largest absolute Gasteiger partial charge is 0.505 e. The van der Waals surface area contributed by atoms with Crippen LogP contribution in [0.5, 0.6) is 0 Å². The number of para-hydroxylation sites is 1. The Morgan fingerprint density at radius 3 is 2.62 bits per heavy atom. The maximum absolute atomic E-state index is 14.2. The van der Waals surface area contributed by atoms with Crippen LogP contribution in [-0.2, 0) is 9.53 Å². The van der Waals surface area contributed by atoms with Crippen molar-refractivity contribution in [2.24, 2.45) is 4.99 Å². The first kappa shape index (κ1) is 17.7. The molecule has 0 unspecified atom stereocenters. The molecule has 134 valence electrons. The highest BCUT2D eigenvalue weighted by atomic mass is 19.1. The average Bonchev–Trinajstić information content (AvgIpc) is 3.04. The second kappa shape index (κ2) is 6.63. The van der Waals surface area contributed by atoms with Gasteiger partial charge >= 0.3 is 5.97 Å². The van der Waals surface area contributed by atoms with E-state index in [1.165, 1.54) is 13.2 Å². The lowest BCUT2D eigenvalue weighted by Crippen LogP contribution is -2.11. The quantitative estimate of drug-likeness (QED) is 0.847. The summed E-state index contributed by atoms with van der Waals surface area (Å²) < 4.78 is 20.7. The van der Waals surface area contributed by atoms with Gasteiger partial charge in [0.05, 0.1) is 18.5 Å². The number of ether oxygens (including phenoxy) is 1. The number of aliphatic hydroxyl groups is 1. The van der Waals surface area contributed by atoms with Gasteiger partial charge in [0.15, 0.2) is 5.76 Å². The van der Waals surface area contributed by atoms with Crippen molar-refractivity contribution in [1.29, 1.82) is 0 Å². The first-order chi connectivity index (χ1) is 12.3. The minimum absolute atomic E-state index is 0.0571. The topological polar surface area (TPSA) is 63.8 Å². The molecule has 0 bridgehead atoms. The minimum Gasteiger partial charge on any atom is -0.505 e. The Bertz CT molecular complexity index is 996. The second-order valence-corrected chi connectivity index (χ2v) is 6.06. The van der Waals surface area contributed by atoms with Gasteiger partial charge in [0.2, 0.25) is 0 Å². The Morgan fingerprint density at radius 1 is 1.27 bits per heavy atom. The van der Waals surface area contributed by atoms with Crippen LogP contribution in [-0.4, -0.2) is 28.5 Å². The van der Waals surface area contributed by atoms with Gasteiger partial charge < -0.3 is 14.4 Å². The van der Waals surface area contributed by atoms with Crippen molar-refractivity contribution in [3.63, 3.8) is 0 Å². The monoisotopic (exact) mass is 354 g/mol. The first-order valence-corrected chi connectivity index (χ1v) is 8.08. The molecule has 0 spiro atoms. The molecule has 0 atom stereocenters. The van der Waals surface area contributed by atoms with Crippen molar-refractivity contribution in [3.05, 3.63) is 70.1 Å². The molecule has 1 N–H and O–H groups in total. The number of hydrogen-bond acceptors (Lipinski definition) is 4. The third-order valence-corrected chi connectivity index (χ3v) is 4.37. The smallest absolute Gasteiger partial charge is 0.343 e. The number of nitrogens with zero attached hydrogens (tertiary/aromatic N) is 2. The lowest BCUT2D eigenvalue weighted by atomic mass is 10.1. The normalized spacial score (nSPS) is 15.6. The molecule has 3 rings (SSSR count). The zero-order chi connectivity index (χ0) is 19.0. The molecule has 2 heterocycles. The SMILES string of the molecule is COC(=O)C1=C(O)C(=Cc2cc(C)n(-c3ccccc3F)c2C)N=C1C. The molecule has 6 heteroatoms. The molecule has 0 radical (unpaired) electrons. The standard InChI is InChI=1S/C20H19FN2O3/c1-11-9-14(13(3)23(11)17-8-6-5-7-15(17)21)10-16-19(24)18(12(2)22-16)20(25)26-4/h5-10,24H,1-4H3. The van der Waals surface area contributed by atoms with Crippen LogP contribution in [0.25, 0.3) is 11.8 Å². The molecule has 0 aliphatic carbocycles. The summed E-state index contributed by atoms with van der Waals surface area (Å²) in [5.74, 6) is -1.17. The van der Waals surface area contributed by atoms with Crippen LogP contribution >= 0.6 is 0 Å². The van der Waals surface area contributed by atoms with Gasteiger partial charge in [-0.2, -0.15) is 0 Å². The Balaban J connectivity index is 2.10. The predicted molar refractivity (Wildman–Crippen MR) is 98.0 cm³/mol. The van der Waals surface area contributed by atoms with Crippen LogP contribution in [0.3, 0.4) is 0 Å². The number of carbonyl (C=O) groups excluding carboxylic acids is 1. The molecule has 0 saturated heterocycles. The fourth-order valence-corrected chi connectivity index (χ4v) is 3.12. The maximum Gasteiger partial charge on any atom is 0.343 e. The van der Waals surface area contributed by atoms with E-state index in [2.05, 4.69) is 9.73 Å². The lowest BCUT2D eigenvalue weighted by molar-refractivity contribution is -0.135. The van der Waals surface area contributed by atoms with Crippen molar-refractivity contribution in [2.75, 3.05) is 7.11 Å². The fraction of sp³-hybridized carbons (Fsp3) is 0.200. The zero-order valence-corrected chi connectivity index (χ0v) is 15.0. The van der Waals surface area contributed by atoms with Crippen molar-refractivity contribution in [1.82, 2.24) is 4.57 Å². The second-order valence-electron chi connectivity index (χ2n) is 6.06. The Labute approximate surface area is 150 Å². The lowest BCUT2D eigenvalue weighted by Gasteiger charge is -2.10. The molecule has 0 fully saturated rings. The molecule has 1 aliphatic rings. The average molecular weight is 354 g/mol. The van der Waals surface area contributed by atoms with Gasteiger partial charge in [-0.3, -0.25) is 0 Å². The Kier molecular flexibility index (Phi) is 4.50. The molecular formula is C20H19FN2O3. The number of halogens is 1. The summed E-state index contributed by atoms with van der Waals surface area (Å²) in [6.07, 6.45) is 1.68. The van der Waals surface area contributed by atoms with Gasteiger partial charge in [0, 0.05) is 11.4 Å². The summed E-state index contributed by atoms with van der Waals surface area (Å²) in [4.78, 5) is 16.0. The summed E-state index contributed by atoms with van der Waals surface area (Å²) >= 11 is 0. The highest BCUT2D eigenvalue weighted by Crippen LogP contribution is 2.29. The molecule has 2 aromatic rings. The van der Waals surface area contributed by atoms with Gasteiger partial charge in [0.25, 0.3) is 0 Å². The molecule has 0 amide bonds. The zero-order valence-electron chi connectivity index (χ0n) is 15.0. The molecule has 1 aromatic carbocycles. The summed E-state index contributed by atoms with van der Waals surface area (Å²) in [7, 11) is 1.25. The van der Waals surface area contributed by atoms with Crippen LogP contribution in [0.2, 0.25) is 0 Å². The predicted octanol–water partition coefficient (Wildman–Crippen LogP) is 4.03. The number of hydrogen-bond donors (Lipinski definition) is 1. The van der Waals surface area contributed by atoms with Crippen molar-refractivity contribution in [2.45, 2.75) is 20.8 Å². The highest BCUT2D eigenvalue weighted by molar-refractivity contribution is 6.22. The Hall–Kier alpha value is -3.15. The van der Waals surface area contributed by atoms with E-state index in [1.807, 2.05) is 19.9 Å². The number of aliphatic imine (C=N–C) groups is 1. The highest BCUT2D eigenvalue weighted by Gasteiger charge is 2.27. The first-order valence-electron chi connectivity index (χ1n) is 8.08. The number of rotatable bonds is 3.